The second-order valence-electron chi connectivity index (χ2n) is 11.4. The summed E-state index contributed by atoms with van der Waals surface area (Å²) in [5.74, 6) is -0.896. The Morgan fingerprint density at radius 2 is 1.52 bits per heavy atom. The zero-order chi connectivity index (χ0) is 33.4. The molecule has 7 nitrogen and oxygen atoms in total. The molecule has 1 N–H and O–H groups in total. The minimum absolute atomic E-state index is 0.0257. The van der Waals surface area contributed by atoms with Gasteiger partial charge in [0.2, 0.25) is 11.8 Å². The molecule has 0 saturated heterocycles. The lowest BCUT2D eigenvalue weighted by atomic mass is 10.0. The van der Waals surface area contributed by atoms with Gasteiger partial charge in [0, 0.05) is 29.1 Å². The van der Waals surface area contributed by atoms with E-state index in [1.807, 2.05) is 64.1 Å². The molecule has 0 saturated carbocycles. The number of benzene rings is 4. The molecule has 0 fully saturated rings. The first-order valence-electron chi connectivity index (χ1n) is 15.1. The van der Waals surface area contributed by atoms with Gasteiger partial charge in [-0.2, -0.15) is 0 Å². The van der Waals surface area contributed by atoms with Gasteiger partial charge in [0.1, 0.15) is 12.6 Å². The Labute approximate surface area is 282 Å². The number of carbonyl (C=O) groups is 2. The van der Waals surface area contributed by atoms with Crippen LogP contribution in [0.4, 0.5) is 5.69 Å². The van der Waals surface area contributed by atoms with Crippen molar-refractivity contribution >= 4 is 50.7 Å². The molecule has 0 aliphatic carbocycles. The average Bonchev–Trinajstić information content (AvgIpc) is 3.03. The first kappa shape index (κ1) is 35.0. The molecule has 4 rings (SSSR count). The number of amides is 2. The molecule has 0 spiro atoms. The standard InChI is InChI=1S/C36H39Cl2N3O4S/c1-5-27(4)39-36(43)34(21-28-10-7-6-8-11-28)40(23-29-12-9-13-30(37)20-29)35(42)24-41(31-17-16-26(3)33(38)22-31)46(44,45)32-18-14-25(2)15-19-32/h6-20,22,27,34H,5,21,23-24H2,1-4H3,(H,39,43)/t27-,34-/m0/s1. The van der Waals surface area contributed by atoms with Crippen LogP contribution in [0.3, 0.4) is 0 Å². The quantitative estimate of drug-likeness (QED) is 0.160. The van der Waals surface area contributed by atoms with Crippen LogP contribution in [-0.2, 0) is 32.6 Å². The van der Waals surface area contributed by atoms with E-state index in [2.05, 4.69) is 5.32 Å². The van der Waals surface area contributed by atoms with E-state index in [1.165, 1.54) is 23.1 Å². The van der Waals surface area contributed by atoms with Crippen LogP contribution in [0.5, 0.6) is 0 Å². The van der Waals surface area contributed by atoms with Crippen LogP contribution in [-0.4, -0.2) is 43.8 Å². The van der Waals surface area contributed by atoms with Crippen molar-refractivity contribution in [2.75, 3.05) is 10.8 Å². The van der Waals surface area contributed by atoms with Gasteiger partial charge in [0.25, 0.3) is 10.0 Å². The molecule has 4 aromatic carbocycles. The van der Waals surface area contributed by atoms with E-state index in [0.29, 0.717) is 22.0 Å². The number of anilines is 1. The molecule has 2 atom stereocenters. The van der Waals surface area contributed by atoms with Gasteiger partial charge in [-0.1, -0.05) is 96.4 Å². The number of rotatable bonds is 13. The summed E-state index contributed by atoms with van der Waals surface area (Å²) < 4.78 is 29.4. The van der Waals surface area contributed by atoms with E-state index in [9.17, 15) is 18.0 Å². The minimum atomic E-state index is -4.23. The summed E-state index contributed by atoms with van der Waals surface area (Å²) in [5.41, 5.74) is 3.43. The largest absolute Gasteiger partial charge is 0.352 e. The highest BCUT2D eigenvalue weighted by Crippen LogP contribution is 2.29. The molecule has 10 heteroatoms. The van der Waals surface area contributed by atoms with E-state index in [4.69, 9.17) is 23.2 Å². The van der Waals surface area contributed by atoms with Gasteiger partial charge in [-0.25, -0.2) is 8.42 Å². The van der Waals surface area contributed by atoms with Crippen LogP contribution in [0.2, 0.25) is 10.0 Å². The molecule has 0 heterocycles. The monoisotopic (exact) mass is 679 g/mol. The number of hydrogen-bond acceptors (Lipinski definition) is 4. The number of carbonyl (C=O) groups excluding carboxylic acids is 2. The van der Waals surface area contributed by atoms with Crippen LogP contribution in [0.15, 0.2) is 102 Å². The summed E-state index contributed by atoms with van der Waals surface area (Å²) in [6.07, 6.45) is 0.916. The zero-order valence-corrected chi connectivity index (χ0v) is 28.7. The van der Waals surface area contributed by atoms with Gasteiger partial charge in [0.05, 0.1) is 10.6 Å². The highest BCUT2D eigenvalue weighted by atomic mass is 35.5. The number of hydrogen-bond donors (Lipinski definition) is 1. The Kier molecular flexibility index (Phi) is 11.9. The van der Waals surface area contributed by atoms with E-state index in [1.54, 1.807) is 42.5 Å². The molecular weight excluding hydrogens is 641 g/mol. The molecule has 0 radical (unpaired) electrons. The molecule has 0 unspecified atom stereocenters. The second-order valence-corrected chi connectivity index (χ2v) is 14.1. The van der Waals surface area contributed by atoms with Crippen LogP contribution in [0.25, 0.3) is 0 Å². The summed E-state index contributed by atoms with van der Waals surface area (Å²) >= 11 is 12.8. The van der Waals surface area contributed by atoms with E-state index < -0.39 is 28.5 Å². The van der Waals surface area contributed by atoms with Crippen molar-refractivity contribution in [1.82, 2.24) is 10.2 Å². The molecule has 0 aromatic heterocycles. The van der Waals surface area contributed by atoms with Gasteiger partial charge in [-0.05, 0) is 80.3 Å². The maximum Gasteiger partial charge on any atom is 0.264 e. The smallest absolute Gasteiger partial charge is 0.264 e. The number of sulfonamides is 1. The topological polar surface area (TPSA) is 86.8 Å². The fourth-order valence-electron chi connectivity index (χ4n) is 4.93. The lowest BCUT2D eigenvalue weighted by molar-refractivity contribution is -0.140. The third-order valence-electron chi connectivity index (χ3n) is 7.85. The van der Waals surface area contributed by atoms with Crippen molar-refractivity contribution in [2.24, 2.45) is 0 Å². The fraction of sp³-hybridized carbons (Fsp3) is 0.278. The van der Waals surface area contributed by atoms with Gasteiger partial charge < -0.3 is 10.2 Å². The fourth-order valence-corrected chi connectivity index (χ4v) is 6.72. The first-order chi connectivity index (χ1) is 21.9. The van der Waals surface area contributed by atoms with Crippen molar-refractivity contribution in [3.63, 3.8) is 0 Å². The number of aryl methyl sites for hydroxylation is 2. The van der Waals surface area contributed by atoms with Crippen molar-refractivity contribution in [2.45, 2.75) is 64.1 Å². The summed E-state index contributed by atoms with van der Waals surface area (Å²) in [4.78, 5) is 30.0. The van der Waals surface area contributed by atoms with Gasteiger partial charge in [0.15, 0.2) is 0 Å². The van der Waals surface area contributed by atoms with Crippen LogP contribution in [0, 0.1) is 13.8 Å². The van der Waals surface area contributed by atoms with Crippen molar-refractivity contribution in [3.8, 4) is 0 Å². The number of nitrogens with zero attached hydrogens (tertiary/aromatic N) is 2. The van der Waals surface area contributed by atoms with Crippen LogP contribution in [0.1, 0.15) is 42.5 Å². The van der Waals surface area contributed by atoms with E-state index in [0.717, 1.165) is 21.0 Å². The number of nitrogens with one attached hydrogen (secondary N) is 1. The maximum atomic E-state index is 14.6. The van der Waals surface area contributed by atoms with Crippen LogP contribution >= 0.6 is 23.2 Å². The molecule has 0 aliphatic heterocycles. The Bertz CT molecular complexity index is 1770. The highest BCUT2D eigenvalue weighted by molar-refractivity contribution is 7.92. The van der Waals surface area contributed by atoms with Gasteiger partial charge in [-0.3, -0.25) is 13.9 Å². The van der Waals surface area contributed by atoms with Crippen molar-refractivity contribution < 1.29 is 18.0 Å². The summed E-state index contributed by atoms with van der Waals surface area (Å²) in [5, 5.41) is 3.87. The van der Waals surface area contributed by atoms with Crippen LogP contribution < -0.4 is 9.62 Å². The molecule has 46 heavy (non-hydrogen) atoms. The van der Waals surface area contributed by atoms with Crippen molar-refractivity contribution in [3.05, 3.63) is 129 Å². The van der Waals surface area contributed by atoms with E-state index in [-0.39, 0.29) is 35.5 Å². The predicted octanol–water partition coefficient (Wildman–Crippen LogP) is 7.36. The minimum Gasteiger partial charge on any atom is -0.352 e. The molecule has 0 bridgehead atoms. The normalized spacial score (nSPS) is 12.7. The summed E-state index contributed by atoms with van der Waals surface area (Å²) in [7, 11) is -4.23. The van der Waals surface area contributed by atoms with E-state index >= 15 is 0 Å². The Balaban J connectivity index is 1.83. The predicted molar refractivity (Wildman–Crippen MR) is 186 cm³/mol. The molecule has 2 amide bonds. The Morgan fingerprint density at radius 3 is 2.15 bits per heavy atom. The number of halogens is 2. The molecular formula is C36H39Cl2N3O4S. The third-order valence-corrected chi connectivity index (χ3v) is 10.3. The Hall–Kier alpha value is -3.85. The molecule has 242 valence electrons. The summed E-state index contributed by atoms with van der Waals surface area (Å²) in [6, 6.07) is 26.7. The molecule has 0 aliphatic rings. The second kappa shape index (κ2) is 15.6. The SMILES string of the molecule is CC[C@H](C)NC(=O)[C@H](Cc1ccccc1)N(Cc1cccc(Cl)c1)C(=O)CN(c1ccc(C)c(Cl)c1)S(=O)(=O)c1ccc(C)cc1. The van der Waals surface area contributed by atoms with Gasteiger partial charge in [-0.15, -0.1) is 0 Å². The lowest BCUT2D eigenvalue weighted by Crippen LogP contribution is -2.54. The highest BCUT2D eigenvalue weighted by Gasteiger charge is 2.35. The maximum absolute atomic E-state index is 14.6. The average molecular weight is 681 g/mol. The molecule has 4 aromatic rings. The lowest BCUT2D eigenvalue weighted by Gasteiger charge is -2.34. The summed E-state index contributed by atoms with van der Waals surface area (Å²) in [6.45, 7) is 7.00. The van der Waals surface area contributed by atoms with Gasteiger partial charge >= 0.3 is 0 Å². The van der Waals surface area contributed by atoms with Crippen molar-refractivity contribution in [1.29, 1.82) is 0 Å². The third kappa shape index (κ3) is 8.90. The first-order valence-corrected chi connectivity index (χ1v) is 17.3. The zero-order valence-electron chi connectivity index (χ0n) is 26.4. The Morgan fingerprint density at radius 1 is 0.848 bits per heavy atom.